The topological polar surface area (TPSA) is 26.1 Å². The smallest absolute Gasteiger partial charge is 0.0347 e. The van der Waals surface area contributed by atoms with Crippen molar-refractivity contribution in [3.8, 4) is 0 Å². The first-order valence-corrected chi connectivity index (χ1v) is 4.86. The maximum atomic E-state index is 4.19. The highest BCUT2D eigenvalue weighted by molar-refractivity contribution is 4.79. The molecule has 0 aromatic heterocycles. The normalized spacial score (nSPS) is 29.5. The highest BCUT2D eigenvalue weighted by Crippen LogP contribution is 2.30. The molecular formula is C9H17N2. The van der Waals surface area contributed by atoms with E-state index in [0.717, 1.165) is 24.9 Å². The molecule has 11 heavy (non-hydrogen) atoms. The molecule has 0 spiro atoms. The quantitative estimate of drug-likeness (QED) is 0.604. The fourth-order valence-electron chi connectivity index (χ4n) is 2.35. The number of hydrogen-bond donors (Lipinski definition) is 1. The first kappa shape index (κ1) is 7.56. The lowest BCUT2D eigenvalue weighted by Crippen LogP contribution is -2.21. The number of rotatable bonds is 1. The van der Waals surface area contributed by atoms with Crippen LogP contribution in [0, 0.1) is 11.8 Å². The molecule has 1 radical (unpaired) electrons. The van der Waals surface area contributed by atoms with Crippen molar-refractivity contribution >= 4 is 0 Å². The van der Waals surface area contributed by atoms with Crippen LogP contribution in [-0.2, 0) is 0 Å². The Morgan fingerprint density at radius 3 is 2.45 bits per heavy atom. The molecule has 1 atom stereocenters. The van der Waals surface area contributed by atoms with Gasteiger partial charge in [0, 0.05) is 13.1 Å². The molecule has 0 aromatic carbocycles. The highest BCUT2D eigenvalue weighted by atomic mass is 15.4. The van der Waals surface area contributed by atoms with Gasteiger partial charge in [-0.1, -0.05) is 32.1 Å². The van der Waals surface area contributed by atoms with Crippen LogP contribution in [0.3, 0.4) is 0 Å². The zero-order chi connectivity index (χ0) is 7.52. The van der Waals surface area contributed by atoms with Crippen LogP contribution in [0.15, 0.2) is 0 Å². The summed E-state index contributed by atoms with van der Waals surface area (Å²) in [5.41, 5.74) is 7.28. The first-order chi connectivity index (χ1) is 5.47. The van der Waals surface area contributed by atoms with E-state index >= 15 is 0 Å². The van der Waals surface area contributed by atoms with E-state index < -0.39 is 0 Å². The van der Waals surface area contributed by atoms with Gasteiger partial charge in [-0.3, -0.25) is 0 Å². The highest BCUT2D eigenvalue weighted by Gasteiger charge is 2.26. The summed E-state index contributed by atoms with van der Waals surface area (Å²) in [7, 11) is 0. The third kappa shape index (κ3) is 1.74. The van der Waals surface area contributed by atoms with Crippen LogP contribution >= 0.6 is 0 Å². The van der Waals surface area contributed by atoms with Crippen molar-refractivity contribution in [2.24, 2.45) is 11.8 Å². The molecule has 0 amide bonds. The predicted octanol–water partition coefficient (Wildman–Crippen LogP) is 1.31. The van der Waals surface area contributed by atoms with Crippen molar-refractivity contribution in [2.45, 2.75) is 32.1 Å². The molecule has 2 aliphatic rings. The van der Waals surface area contributed by atoms with Crippen LogP contribution in [0.1, 0.15) is 32.1 Å². The summed E-state index contributed by atoms with van der Waals surface area (Å²) < 4.78 is 0. The minimum atomic E-state index is 0.871. The molecule has 2 heteroatoms. The molecule has 1 saturated carbocycles. The van der Waals surface area contributed by atoms with Crippen LogP contribution < -0.4 is 10.9 Å². The van der Waals surface area contributed by atoms with Crippen LogP contribution in [-0.4, -0.2) is 13.1 Å². The van der Waals surface area contributed by atoms with E-state index in [1.54, 1.807) is 0 Å². The molecule has 2 nitrogen and oxygen atoms in total. The van der Waals surface area contributed by atoms with Crippen molar-refractivity contribution in [3.05, 3.63) is 0 Å². The largest absolute Gasteiger partial charge is 0.240 e. The molecular weight excluding hydrogens is 136 g/mol. The van der Waals surface area contributed by atoms with E-state index in [0.29, 0.717) is 0 Å². The minimum absolute atomic E-state index is 0.871. The van der Waals surface area contributed by atoms with Gasteiger partial charge >= 0.3 is 0 Å². The Labute approximate surface area is 68.7 Å². The van der Waals surface area contributed by atoms with Crippen LogP contribution in [0.4, 0.5) is 0 Å². The Kier molecular flexibility index (Phi) is 2.44. The van der Waals surface area contributed by atoms with Crippen LogP contribution in [0.5, 0.6) is 0 Å². The summed E-state index contributed by atoms with van der Waals surface area (Å²) in [6, 6.07) is 0. The summed E-state index contributed by atoms with van der Waals surface area (Å²) in [5.74, 6) is 1.86. The number of hydrogen-bond acceptors (Lipinski definition) is 1. The van der Waals surface area contributed by atoms with Gasteiger partial charge in [0.15, 0.2) is 0 Å². The fraction of sp³-hybridized carbons (Fsp3) is 1.00. The maximum Gasteiger partial charge on any atom is 0.0347 e. The Balaban J connectivity index is 1.82. The van der Waals surface area contributed by atoms with Gasteiger partial charge in [-0.15, -0.1) is 0 Å². The average molecular weight is 153 g/mol. The Morgan fingerprint density at radius 2 is 1.82 bits per heavy atom. The molecule has 1 heterocycles. The standard InChI is InChI=1S/C9H17N2/c1-2-4-8(5-3-1)9-6-10-11-7-9/h8-10H,1-7H2. The zero-order valence-electron chi connectivity index (χ0n) is 7.05. The molecule has 2 rings (SSSR count). The van der Waals surface area contributed by atoms with E-state index in [2.05, 4.69) is 10.9 Å². The van der Waals surface area contributed by atoms with E-state index in [9.17, 15) is 0 Å². The summed E-state index contributed by atoms with van der Waals surface area (Å²) in [4.78, 5) is 0. The van der Waals surface area contributed by atoms with Crippen molar-refractivity contribution < 1.29 is 0 Å². The van der Waals surface area contributed by atoms with Gasteiger partial charge in [0.1, 0.15) is 0 Å². The molecule has 1 saturated heterocycles. The maximum absolute atomic E-state index is 4.19. The number of nitrogens with one attached hydrogen (secondary N) is 1. The molecule has 1 N–H and O–H groups in total. The van der Waals surface area contributed by atoms with E-state index in [1.165, 1.54) is 32.1 Å². The van der Waals surface area contributed by atoms with Crippen molar-refractivity contribution in [2.75, 3.05) is 13.1 Å². The molecule has 1 aliphatic heterocycles. The summed E-state index contributed by atoms with van der Waals surface area (Å²) >= 11 is 0. The lowest BCUT2D eigenvalue weighted by Gasteiger charge is -2.25. The SMILES string of the molecule is C1CCC(C2C[N]NC2)CC1. The monoisotopic (exact) mass is 153 g/mol. The van der Waals surface area contributed by atoms with Gasteiger partial charge in [-0.25, -0.2) is 5.43 Å². The molecule has 63 valence electrons. The fourth-order valence-corrected chi connectivity index (χ4v) is 2.35. The van der Waals surface area contributed by atoms with E-state index in [1.807, 2.05) is 0 Å². The number of nitrogens with zero attached hydrogens (tertiary/aromatic N) is 1. The van der Waals surface area contributed by atoms with Gasteiger partial charge in [0.25, 0.3) is 0 Å². The molecule has 1 unspecified atom stereocenters. The summed E-state index contributed by atoms with van der Waals surface area (Å²) in [6.45, 7) is 2.22. The van der Waals surface area contributed by atoms with Gasteiger partial charge in [0.05, 0.1) is 0 Å². The second-order valence-electron chi connectivity index (χ2n) is 3.86. The lowest BCUT2D eigenvalue weighted by atomic mass is 9.80. The zero-order valence-corrected chi connectivity index (χ0v) is 7.05. The van der Waals surface area contributed by atoms with Crippen molar-refractivity contribution in [1.82, 2.24) is 10.9 Å². The minimum Gasteiger partial charge on any atom is -0.240 e. The Bertz CT molecular complexity index is 113. The summed E-state index contributed by atoms with van der Waals surface area (Å²) in [5, 5.41) is 0. The Hall–Kier alpha value is -0.0800. The third-order valence-electron chi connectivity index (χ3n) is 3.11. The third-order valence-corrected chi connectivity index (χ3v) is 3.11. The molecule has 0 bridgehead atoms. The lowest BCUT2D eigenvalue weighted by molar-refractivity contribution is 0.272. The van der Waals surface area contributed by atoms with Gasteiger partial charge in [-0.2, -0.15) is 5.43 Å². The van der Waals surface area contributed by atoms with Crippen molar-refractivity contribution in [3.63, 3.8) is 0 Å². The van der Waals surface area contributed by atoms with Gasteiger partial charge in [-0.05, 0) is 11.8 Å². The first-order valence-electron chi connectivity index (χ1n) is 4.86. The van der Waals surface area contributed by atoms with Crippen LogP contribution in [0.25, 0.3) is 0 Å². The second kappa shape index (κ2) is 3.55. The predicted molar refractivity (Wildman–Crippen MR) is 45.1 cm³/mol. The molecule has 2 fully saturated rings. The molecule has 0 aromatic rings. The van der Waals surface area contributed by atoms with Gasteiger partial charge in [0.2, 0.25) is 0 Å². The second-order valence-corrected chi connectivity index (χ2v) is 3.86. The van der Waals surface area contributed by atoms with E-state index in [4.69, 9.17) is 0 Å². The van der Waals surface area contributed by atoms with E-state index in [-0.39, 0.29) is 0 Å². The van der Waals surface area contributed by atoms with Gasteiger partial charge < -0.3 is 0 Å². The summed E-state index contributed by atoms with van der Waals surface area (Å²) in [6.07, 6.45) is 7.31. The van der Waals surface area contributed by atoms with Crippen molar-refractivity contribution in [1.29, 1.82) is 0 Å². The molecule has 1 aliphatic carbocycles. The van der Waals surface area contributed by atoms with Crippen LogP contribution in [0.2, 0.25) is 0 Å². The Morgan fingerprint density at radius 1 is 1.00 bits per heavy atom. The average Bonchev–Trinajstić information content (AvgIpc) is 2.58.